The van der Waals surface area contributed by atoms with Gasteiger partial charge in [-0.05, 0) is 26.0 Å². The first kappa shape index (κ1) is 12.2. The number of ether oxygens (including phenoxy) is 1. The fourth-order valence-electron chi connectivity index (χ4n) is 1.66. The van der Waals surface area contributed by atoms with Crippen molar-refractivity contribution in [1.82, 2.24) is 0 Å². The summed E-state index contributed by atoms with van der Waals surface area (Å²) in [4.78, 5) is 0. The van der Waals surface area contributed by atoms with Gasteiger partial charge in [-0.1, -0.05) is 35.9 Å². The first-order valence-electron chi connectivity index (χ1n) is 5.60. The highest BCUT2D eigenvalue weighted by Crippen LogP contribution is 2.32. The Morgan fingerprint density at radius 1 is 1.12 bits per heavy atom. The zero-order chi connectivity index (χ0) is 12.5. The van der Waals surface area contributed by atoms with Gasteiger partial charge in [0.05, 0.1) is 0 Å². The summed E-state index contributed by atoms with van der Waals surface area (Å²) < 4.78 is 5.94. The zero-order valence-corrected chi connectivity index (χ0v) is 10.8. The average Bonchev–Trinajstić information content (AvgIpc) is 2.33. The van der Waals surface area contributed by atoms with Gasteiger partial charge in [0.2, 0.25) is 0 Å². The molecule has 90 valence electrons. The van der Waals surface area contributed by atoms with Crippen LogP contribution in [0.3, 0.4) is 0 Å². The SMILES string of the molecule is CC(C)(CN)Oc1ccc(Cl)c2ccccc12. The van der Waals surface area contributed by atoms with Crippen molar-refractivity contribution in [3.05, 3.63) is 41.4 Å². The number of hydrogen-bond acceptors (Lipinski definition) is 2. The van der Waals surface area contributed by atoms with Gasteiger partial charge in [-0.25, -0.2) is 0 Å². The van der Waals surface area contributed by atoms with Crippen LogP contribution in [0.15, 0.2) is 36.4 Å². The molecular weight excluding hydrogens is 234 g/mol. The molecule has 0 fully saturated rings. The van der Waals surface area contributed by atoms with Gasteiger partial charge >= 0.3 is 0 Å². The van der Waals surface area contributed by atoms with Crippen LogP contribution in [0.1, 0.15) is 13.8 Å². The minimum Gasteiger partial charge on any atom is -0.486 e. The highest BCUT2D eigenvalue weighted by atomic mass is 35.5. The lowest BCUT2D eigenvalue weighted by Crippen LogP contribution is -2.37. The van der Waals surface area contributed by atoms with Gasteiger partial charge in [0.25, 0.3) is 0 Å². The lowest BCUT2D eigenvalue weighted by Gasteiger charge is -2.25. The molecule has 0 aliphatic carbocycles. The third-order valence-corrected chi connectivity index (χ3v) is 3.04. The van der Waals surface area contributed by atoms with Gasteiger partial charge < -0.3 is 10.5 Å². The maximum absolute atomic E-state index is 6.15. The molecule has 2 rings (SSSR count). The molecule has 3 heteroatoms. The van der Waals surface area contributed by atoms with Crippen molar-refractivity contribution in [2.24, 2.45) is 5.73 Å². The predicted octanol–water partition coefficient (Wildman–Crippen LogP) is 3.61. The molecule has 0 atom stereocenters. The summed E-state index contributed by atoms with van der Waals surface area (Å²) in [7, 11) is 0. The Morgan fingerprint density at radius 2 is 1.76 bits per heavy atom. The Morgan fingerprint density at radius 3 is 2.41 bits per heavy atom. The molecule has 0 spiro atoms. The molecule has 0 unspecified atom stereocenters. The highest BCUT2D eigenvalue weighted by molar-refractivity contribution is 6.35. The van der Waals surface area contributed by atoms with Crippen LogP contribution in [0.2, 0.25) is 5.02 Å². The molecule has 0 amide bonds. The van der Waals surface area contributed by atoms with E-state index >= 15 is 0 Å². The smallest absolute Gasteiger partial charge is 0.128 e. The number of halogens is 1. The summed E-state index contributed by atoms with van der Waals surface area (Å²) in [6.07, 6.45) is 0. The normalized spacial score (nSPS) is 11.8. The van der Waals surface area contributed by atoms with Crippen molar-refractivity contribution in [1.29, 1.82) is 0 Å². The number of hydrogen-bond donors (Lipinski definition) is 1. The van der Waals surface area contributed by atoms with E-state index in [0.717, 1.165) is 21.5 Å². The third kappa shape index (κ3) is 2.54. The molecule has 0 saturated carbocycles. The fraction of sp³-hybridized carbons (Fsp3) is 0.286. The van der Waals surface area contributed by atoms with Crippen LogP contribution < -0.4 is 10.5 Å². The predicted molar refractivity (Wildman–Crippen MR) is 72.7 cm³/mol. The van der Waals surface area contributed by atoms with Crippen LogP contribution in [0.4, 0.5) is 0 Å². The molecule has 2 nitrogen and oxygen atoms in total. The minimum atomic E-state index is -0.378. The van der Waals surface area contributed by atoms with Crippen molar-refractivity contribution < 1.29 is 4.74 Å². The largest absolute Gasteiger partial charge is 0.486 e. The van der Waals surface area contributed by atoms with Gasteiger partial charge in [0, 0.05) is 22.3 Å². The van der Waals surface area contributed by atoms with E-state index in [-0.39, 0.29) is 5.60 Å². The number of rotatable bonds is 3. The Balaban J connectivity index is 2.52. The minimum absolute atomic E-state index is 0.378. The van der Waals surface area contributed by atoms with Crippen LogP contribution in [-0.2, 0) is 0 Å². The van der Waals surface area contributed by atoms with Gasteiger partial charge in [-0.3, -0.25) is 0 Å². The molecule has 0 aliphatic rings. The lowest BCUT2D eigenvalue weighted by molar-refractivity contribution is 0.121. The summed E-state index contributed by atoms with van der Waals surface area (Å²) in [6.45, 7) is 4.40. The molecule has 2 N–H and O–H groups in total. The molecular formula is C14H16ClNO. The fourth-order valence-corrected chi connectivity index (χ4v) is 1.89. The molecule has 0 saturated heterocycles. The van der Waals surface area contributed by atoms with E-state index < -0.39 is 0 Å². The second-order valence-corrected chi connectivity index (χ2v) is 5.06. The van der Waals surface area contributed by atoms with Gasteiger partial charge in [0.1, 0.15) is 11.4 Å². The van der Waals surface area contributed by atoms with Crippen LogP contribution in [0, 0.1) is 0 Å². The van der Waals surface area contributed by atoms with Gasteiger partial charge in [-0.15, -0.1) is 0 Å². The average molecular weight is 250 g/mol. The molecule has 0 bridgehead atoms. The second-order valence-electron chi connectivity index (χ2n) is 4.66. The number of benzene rings is 2. The van der Waals surface area contributed by atoms with Crippen molar-refractivity contribution in [2.45, 2.75) is 19.4 Å². The Labute approximate surface area is 106 Å². The number of fused-ring (bicyclic) bond motifs is 1. The molecule has 0 aliphatic heterocycles. The Bertz CT molecular complexity index is 537. The zero-order valence-electron chi connectivity index (χ0n) is 10.0. The second kappa shape index (κ2) is 4.55. The van der Waals surface area contributed by atoms with E-state index in [2.05, 4.69) is 0 Å². The van der Waals surface area contributed by atoms with Crippen LogP contribution in [-0.4, -0.2) is 12.1 Å². The maximum atomic E-state index is 6.15. The third-order valence-electron chi connectivity index (χ3n) is 2.71. The van der Waals surface area contributed by atoms with E-state index in [1.54, 1.807) is 0 Å². The summed E-state index contributed by atoms with van der Waals surface area (Å²) in [5, 5.41) is 2.75. The molecule has 2 aromatic carbocycles. The van der Waals surface area contributed by atoms with Crippen molar-refractivity contribution >= 4 is 22.4 Å². The van der Waals surface area contributed by atoms with Crippen molar-refractivity contribution in [2.75, 3.05) is 6.54 Å². The van der Waals surface area contributed by atoms with Crippen LogP contribution in [0.25, 0.3) is 10.8 Å². The number of nitrogens with two attached hydrogens (primary N) is 1. The molecule has 2 aromatic rings. The van der Waals surface area contributed by atoms with Crippen LogP contribution in [0.5, 0.6) is 5.75 Å². The van der Waals surface area contributed by atoms with Crippen LogP contribution >= 0.6 is 11.6 Å². The summed E-state index contributed by atoms with van der Waals surface area (Å²) in [5.41, 5.74) is 5.30. The molecule has 0 radical (unpaired) electrons. The first-order valence-corrected chi connectivity index (χ1v) is 5.98. The van der Waals surface area contributed by atoms with E-state index in [9.17, 15) is 0 Å². The molecule has 17 heavy (non-hydrogen) atoms. The first-order chi connectivity index (χ1) is 8.03. The van der Waals surface area contributed by atoms with Crippen molar-refractivity contribution in [3.8, 4) is 5.75 Å². The van der Waals surface area contributed by atoms with E-state index in [1.807, 2.05) is 50.2 Å². The Kier molecular flexibility index (Phi) is 3.27. The van der Waals surface area contributed by atoms with Crippen molar-refractivity contribution in [3.63, 3.8) is 0 Å². The molecule has 0 heterocycles. The highest BCUT2D eigenvalue weighted by Gasteiger charge is 2.18. The van der Waals surface area contributed by atoms with Gasteiger partial charge in [0.15, 0.2) is 0 Å². The Hall–Kier alpha value is -1.25. The van der Waals surface area contributed by atoms with Gasteiger partial charge in [-0.2, -0.15) is 0 Å². The topological polar surface area (TPSA) is 35.2 Å². The van der Waals surface area contributed by atoms with E-state index in [0.29, 0.717) is 6.54 Å². The van der Waals surface area contributed by atoms with E-state index in [1.165, 1.54) is 0 Å². The summed E-state index contributed by atoms with van der Waals surface area (Å²) in [5.74, 6) is 0.820. The standard InChI is InChI=1S/C14H16ClNO/c1-14(2,9-16)17-13-8-7-12(15)10-5-3-4-6-11(10)13/h3-8H,9,16H2,1-2H3. The lowest BCUT2D eigenvalue weighted by atomic mass is 10.1. The summed E-state index contributed by atoms with van der Waals surface area (Å²) >= 11 is 6.15. The monoisotopic (exact) mass is 249 g/mol. The van der Waals surface area contributed by atoms with E-state index in [4.69, 9.17) is 22.1 Å². The molecule has 0 aromatic heterocycles. The summed E-state index contributed by atoms with van der Waals surface area (Å²) in [6, 6.07) is 11.7. The quantitative estimate of drug-likeness (QED) is 0.902. The maximum Gasteiger partial charge on any atom is 0.128 e.